The molecule has 1 rings (SSSR count). The van der Waals surface area contributed by atoms with Gasteiger partial charge in [0, 0.05) is 6.04 Å². The average molecular weight is 211 g/mol. The zero-order valence-corrected chi connectivity index (χ0v) is 9.46. The molecule has 0 saturated heterocycles. The molecule has 0 spiro atoms. The van der Waals surface area contributed by atoms with Gasteiger partial charge in [0.2, 0.25) is 0 Å². The Labute approximate surface area is 90.2 Å². The van der Waals surface area contributed by atoms with Gasteiger partial charge in [-0.15, -0.1) is 0 Å². The molecule has 0 aliphatic carbocycles. The number of ether oxygens (including phenoxy) is 1. The summed E-state index contributed by atoms with van der Waals surface area (Å²) in [6.07, 6.45) is 0.884. The number of benzene rings is 1. The summed E-state index contributed by atoms with van der Waals surface area (Å²) in [4.78, 5) is 0. The first-order valence-corrected chi connectivity index (χ1v) is 5.13. The highest BCUT2D eigenvalue weighted by Crippen LogP contribution is 2.24. The Morgan fingerprint density at radius 2 is 2.07 bits per heavy atom. The molecule has 0 amide bonds. The van der Waals surface area contributed by atoms with Crippen LogP contribution in [0.15, 0.2) is 18.2 Å². The van der Waals surface area contributed by atoms with Crippen molar-refractivity contribution in [3.8, 4) is 5.75 Å². The number of hydrogen-bond acceptors (Lipinski definition) is 2. The van der Waals surface area contributed by atoms with E-state index < -0.39 is 0 Å². The molecule has 1 aromatic carbocycles. The predicted molar refractivity (Wildman–Crippen MR) is 59.3 cm³/mol. The highest BCUT2D eigenvalue weighted by atomic mass is 19.1. The third-order valence-corrected chi connectivity index (χ3v) is 2.33. The van der Waals surface area contributed by atoms with E-state index in [1.165, 1.54) is 13.2 Å². The summed E-state index contributed by atoms with van der Waals surface area (Å²) in [7, 11) is 1.45. The third-order valence-electron chi connectivity index (χ3n) is 2.33. The van der Waals surface area contributed by atoms with Crippen LogP contribution >= 0.6 is 0 Å². The van der Waals surface area contributed by atoms with Crippen LogP contribution in [0.5, 0.6) is 5.75 Å². The van der Waals surface area contributed by atoms with Gasteiger partial charge in [0.25, 0.3) is 0 Å². The molecule has 0 heterocycles. The SMILES string of the molecule is COc1cc(C(N)CC(C)C)ccc1F. The molecule has 1 atom stereocenters. The normalized spacial score (nSPS) is 12.9. The number of nitrogens with two attached hydrogens (primary N) is 1. The van der Waals surface area contributed by atoms with Gasteiger partial charge in [-0.3, -0.25) is 0 Å². The minimum Gasteiger partial charge on any atom is -0.494 e. The fourth-order valence-corrected chi connectivity index (χ4v) is 1.55. The molecule has 0 aromatic heterocycles. The molecular weight excluding hydrogens is 193 g/mol. The molecule has 1 unspecified atom stereocenters. The lowest BCUT2D eigenvalue weighted by Crippen LogP contribution is -2.13. The van der Waals surface area contributed by atoms with E-state index in [9.17, 15) is 4.39 Å². The second-order valence-corrected chi connectivity index (χ2v) is 4.13. The van der Waals surface area contributed by atoms with Crippen LogP contribution in [-0.2, 0) is 0 Å². The van der Waals surface area contributed by atoms with Gasteiger partial charge in [-0.05, 0) is 30.0 Å². The van der Waals surface area contributed by atoms with E-state index in [4.69, 9.17) is 10.5 Å². The molecular formula is C12H18FNO. The largest absolute Gasteiger partial charge is 0.494 e. The molecule has 3 heteroatoms. The van der Waals surface area contributed by atoms with E-state index in [1.54, 1.807) is 12.1 Å². The topological polar surface area (TPSA) is 35.2 Å². The lowest BCUT2D eigenvalue weighted by Gasteiger charge is -2.15. The van der Waals surface area contributed by atoms with Gasteiger partial charge < -0.3 is 10.5 Å². The Hall–Kier alpha value is -1.09. The van der Waals surface area contributed by atoms with Crippen LogP contribution in [0.1, 0.15) is 31.9 Å². The van der Waals surface area contributed by atoms with Gasteiger partial charge in [-0.1, -0.05) is 19.9 Å². The second-order valence-electron chi connectivity index (χ2n) is 4.13. The van der Waals surface area contributed by atoms with Crippen molar-refractivity contribution in [1.82, 2.24) is 0 Å². The van der Waals surface area contributed by atoms with Crippen LogP contribution in [0.25, 0.3) is 0 Å². The molecule has 0 fully saturated rings. The van der Waals surface area contributed by atoms with E-state index in [2.05, 4.69) is 13.8 Å². The summed E-state index contributed by atoms with van der Waals surface area (Å²) >= 11 is 0. The number of hydrogen-bond donors (Lipinski definition) is 1. The van der Waals surface area contributed by atoms with Crippen molar-refractivity contribution in [2.75, 3.05) is 7.11 Å². The fraction of sp³-hybridized carbons (Fsp3) is 0.500. The minimum atomic E-state index is -0.349. The third kappa shape index (κ3) is 3.20. The summed E-state index contributed by atoms with van der Waals surface area (Å²) in [5, 5.41) is 0. The first-order chi connectivity index (χ1) is 7.04. The Bertz CT molecular complexity index is 325. The Kier molecular flexibility index (Phi) is 4.09. The number of rotatable bonds is 4. The zero-order chi connectivity index (χ0) is 11.4. The molecule has 1 aromatic rings. The molecule has 0 aliphatic heterocycles. The fourth-order valence-electron chi connectivity index (χ4n) is 1.55. The summed E-state index contributed by atoms with van der Waals surface area (Å²) in [6, 6.07) is 4.72. The molecule has 2 N–H and O–H groups in total. The van der Waals surface area contributed by atoms with Crippen molar-refractivity contribution >= 4 is 0 Å². The minimum absolute atomic E-state index is 0.0560. The maximum absolute atomic E-state index is 13.1. The monoisotopic (exact) mass is 211 g/mol. The predicted octanol–water partition coefficient (Wildman–Crippen LogP) is 2.88. The van der Waals surface area contributed by atoms with Gasteiger partial charge in [-0.2, -0.15) is 0 Å². The van der Waals surface area contributed by atoms with Crippen molar-refractivity contribution < 1.29 is 9.13 Å². The van der Waals surface area contributed by atoms with E-state index in [-0.39, 0.29) is 17.6 Å². The zero-order valence-electron chi connectivity index (χ0n) is 9.46. The molecule has 0 aliphatic rings. The van der Waals surface area contributed by atoms with Crippen molar-refractivity contribution in [2.24, 2.45) is 11.7 Å². The summed E-state index contributed by atoms with van der Waals surface area (Å²) < 4.78 is 18.0. The van der Waals surface area contributed by atoms with Crippen molar-refractivity contribution in [3.63, 3.8) is 0 Å². The average Bonchev–Trinajstić information content (AvgIpc) is 2.17. The number of halogens is 1. The van der Waals surface area contributed by atoms with Crippen molar-refractivity contribution in [2.45, 2.75) is 26.3 Å². The van der Waals surface area contributed by atoms with Crippen LogP contribution < -0.4 is 10.5 Å². The molecule has 0 bridgehead atoms. The first-order valence-electron chi connectivity index (χ1n) is 5.13. The highest BCUT2D eigenvalue weighted by Gasteiger charge is 2.11. The van der Waals surface area contributed by atoms with E-state index in [1.807, 2.05) is 0 Å². The summed E-state index contributed by atoms with van der Waals surface area (Å²) in [6.45, 7) is 4.22. The van der Waals surface area contributed by atoms with Crippen LogP contribution in [0, 0.1) is 11.7 Å². The number of methoxy groups -OCH3 is 1. The van der Waals surface area contributed by atoms with Crippen molar-refractivity contribution in [3.05, 3.63) is 29.6 Å². The van der Waals surface area contributed by atoms with Gasteiger partial charge in [0.05, 0.1) is 7.11 Å². The molecule has 0 saturated carbocycles. The maximum atomic E-state index is 13.1. The van der Waals surface area contributed by atoms with Crippen LogP contribution in [0.4, 0.5) is 4.39 Å². The second kappa shape index (κ2) is 5.12. The standard InChI is InChI=1S/C12H18FNO/c1-8(2)6-11(14)9-4-5-10(13)12(7-9)15-3/h4-5,7-8,11H,6,14H2,1-3H3. The highest BCUT2D eigenvalue weighted by molar-refractivity contribution is 5.32. The lowest BCUT2D eigenvalue weighted by molar-refractivity contribution is 0.384. The van der Waals surface area contributed by atoms with Crippen LogP contribution in [0.3, 0.4) is 0 Å². The Balaban J connectivity index is 2.85. The molecule has 0 radical (unpaired) electrons. The van der Waals surface area contributed by atoms with Gasteiger partial charge in [0.15, 0.2) is 11.6 Å². The Morgan fingerprint density at radius 1 is 1.40 bits per heavy atom. The molecule has 84 valence electrons. The van der Waals surface area contributed by atoms with E-state index >= 15 is 0 Å². The van der Waals surface area contributed by atoms with Crippen molar-refractivity contribution in [1.29, 1.82) is 0 Å². The lowest BCUT2D eigenvalue weighted by atomic mass is 9.98. The Morgan fingerprint density at radius 3 is 2.60 bits per heavy atom. The van der Waals surface area contributed by atoms with Crippen LogP contribution in [0.2, 0.25) is 0 Å². The van der Waals surface area contributed by atoms with Gasteiger partial charge >= 0.3 is 0 Å². The molecule has 15 heavy (non-hydrogen) atoms. The maximum Gasteiger partial charge on any atom is 0.165 e. The summed E-state index contributed by atoms with van der Waals surface area (Å²) in [5.74, 6) is 0.431. The summed E-state index contributed by atoms with van der Waals surface area (Å²) in [5.41, 5.74) is 6.91. The first kappa shape index (κ1) is 12.0. The van der Waals surface area contributed by atoms with E-state index in [0.717, 1.165) is 12.0 Å². The van der Waals surface area contributed by atoms with Crippen LogP contribution in [-0.4, -0.2) is 7.11 Å². The van der Waals surface area contributed by atoms with Gasteiger partial charge in [0.1, 0.15) is 0 Å². The quantitative estimate of drug-likeness (QED) is 0.831. The van der Waals surface area contributed by atoms with E-state index in [0.29, 0.717) is 5.92 Å². The molecule has 2 nitrogen and oxygen atoms in total. The van der Waals surface area contributed by atoms with Gasteiger partial charge in [-0.25, -0.2) is 4.39 Å². The smallest absolute Gasteiger partial charge is 0.165 e.